The van der Waals surface area contributed by atoms with Crippen molar-refractivity contribution in [2.45, 2.75) is 105 Å². The third-order valence-corrected chi connectivity index (χ3v) is 16.9. The van der Waals surface area contributed by atoms with Crippen molar-refractivity contribution in [1.82, 2.24) is 9.80 Å². The van der Waals surface area contributed by atoms with Crippen molar-refractivity contribution in [2.24, 2.45) is 39.0 Å². The Balaban J connectivity index is -0.00000200. The smallest absolute Gasteiger partial charge is 0.330 e. The molecule has 658 valence electrons. The molecule has 0 bridgehead atoms. The van der Waals surface area contributed by atoms with Gasteiger partial charge in [-0.25, -0.2) is 52.7 Å². The third-order valence-electron chi connectivity index (χ3n) is 16.9. The van der Waals surface area contributed by atoms with Crippen LogP contribution in [0.5, 0.6) is 0 Å². The van der Waals surface area contributed by atoms with E-state index >= 15 is 0 Å². The molecule has 0 aromatic carbocycles. The molecule has 0 radical (unpaired) electrons. The highest BCUT2D eigenvalue weighted by Crippen LogP contribution is 2.29. The number of unbranched alkanes of at least 4 members (excludes halogenated alkanes) is 3. The second-order valence-corrected chi connectivity index (χ2v) is 25.6. The van der Waals surface area contributed by atoms with Gasteiger partial charge in [0.15, 0.2) is 0 Å². The summed E-state index contributed by atoms with van der Waals surface area (Å²) in [6.07, 6.45) is 13.7. The van der Waals surface area contributed by atoms with Crippen LogP contribution in [-0.4, -0.2) is 263 Å². The van der Waals surface area contributed by atoms with Crippen molar-refractivity contribution in [2.75, 3.05) is 159 Å². The summed E-state index contributed by atoms with van der Waals surface area (Å²) >= 11 is 0. The maximum Gasteiger partial charge on any atom is 0.330 e. The van der Waals surface area contributed by atoms with Crippen LogP contribution in [0.1, 0.15) is 105 Å². The maximum atomic E-state index is 13.4. The predicted octanol–water partition coefficient (Wildman–Crippen LogP) is 5.61. The second kappa shape index (κ2) is 69.3. The van der Waals surface area contributed by atoms with Crippen LogP contribution in [0.4, 0.5) is 0 Å². The van der Waals surface area contributed by atoms with E-state index in [1.165, 1.54) is 0 Å². The monoisotopic (exact) mass is 1660 g/mol. The molecular formula is C82H124N4O31. The molecule has 35 heteroatoms. The summed E-state index contributed by atoms with van der Waals surface area (Å²) in [6, 6.07) is 0. The van der Waals surface area contributed by atoms with E-state index < -0.39 is 117 Å². The Morgan fingerprint density at radius 2 is 0.427 bits per heavy atom. The quantitative estimate of drug-likeness (QED) is 0.0288. The molecule has 0 unspecified atom stereocenters. The molecule has 0 fully saturated rings. The molecule has 0 aromatic rings. The van der Waals surface area contributed by atoms with Crippen LogP contribution < -0.4 is 11.5 Å². The van der Waals surface area contributed by atoms with Crippen molar-refractivity contribution in [3.8, 4) is 0 Å². The van der Waals surface area contributed by atoms with E-state index in [2.05, 4.69) is 72.4 Å². The molecule has 0 atom stereocenters. The zero-order valence-electron chi connectivity index (χ0n) is 68.7. The third kappa shape index (κ3) is 56.8. The second-order valence-electron chi connectivity index (χ2n) is 25.6. The molecule has 117 heavy (non-hydrogen) atoms. The van der Waals surface area contributed by atoms with Gasteiger partial charge in [0.25, 0.3) is 0 Å². The number of rotatable bonds is 65. The number of carbonyl (C=O) groups excluding carboxylic acids is 15. The van der Waals surface area contributed by atoms with Gasteiger partial charge in [-0.1, -0.05) is 113 Å². The van der Waals surface area contributed by atoms with Crippen molar-refractivity contribution in [3.63, 3.8) is 0 Å². The minimum absolute atomic E-state index is 0.0802. The summed E-state index contributed by atoms with van der Waals surface area (Å²) < 4.78 is 79.2. The van der Waals surface area contributed by atoms with E-state index in [0.717, 1.165) is 73.9 Å². The predicted molar refractivity (Wildman–Crippen MR) is 427 cm³/mol. The summed E-state index contributed by atoms with van der Waals surface area (Å²) in [5, 5.41) is 7.00. The summed E-state index contributed by atoms with van der Waals surface area (Å²) in [7, 11) is 1.00. The lowest BCUT2D eigenvalue weighted by Crippen LogP contribution is -2.39. The first kappa shape index (κ1) is 112. The number of hydrogen-bond acceptors (Lipinski definition) is 35. The minimum atomic E-state index is -1.12. The molecule has 0 amide bonds. The molecule has 0 aliphatic rings. The zero-order chi connectivity index (χ0) is 89.5. The first-order valence-corrected chi connectivity index (χ1v) is 37.4. The van der Waals surface area contributed by atoms with Gasteiger partial charge in [0.2, 0.25) is 0 Å². The lowest BCUT2D eigenvalue weighted by Gasteiger charge is -2.31. The van der Waals surface area contributed by atoms with E-state index in [4.69, 9.17) is 87.6 Å². The van der Waals surface area contributed by atoms with Crippen molar-refractivity contribution < 1.29 is 148 Å². The largest absolute Gasteiger partial charge is 0.465 e. The molecule has 0 rings (SSSR count). The molecule has 0 spiro atoms. The first-order valence-electron chi connectivity index (χ1n) is 37.4. The number of carbonyl (C=O) groups is 15. The molecule has 35 nitrogen and oxygen atoms in total. The number of esters is 15. The molecule has 0 aliphatic carbocycles. The fourth-order valence-electron chi connectivity index (χ4n) is 8.83. The van der Waals surface area contributed by atoms with Crippen molar-refractivity contribution in [1.29, 1.82) is 0 Å². The van der Waals surface area contributed by atoms with Crippen LogP contribution in [0.3, 0.4) is 0 Å². The topological polar surface area (TPSA) is 473 Å². The van der Waals surface area contributed by atoms with Gasteiger partial charge in [0.1, 0.15) is 99.1 Å². The van der Waals surface area contributed by atoms with Crippen molar-refractivity contribution >= 4 is 89.5 Å². The minimum Gasteiger partial charge on any atom is -0.465 e. The zero-order valence-corrected chi connectivity index (χ0v) is 68.7. The van der Waals surface area contributed by atoms with Gasteiger partial charge in [-0.2, -0.15) is 0 Å². The van der Waals surface area contributed by atoms with Gasteiger partial charge in [-0.05, 0) is 51.6 Å². The number of nitrogens with two attached hydrogens (primary N) is 2. The lowest BCUT2D eigenvalue weighted by atomic mass is 9.88. The Labute approximate surface area is 686 Å². The van der Waals surface area contributed by atoms with Gasteiger partial charge in [0, 0.05) is 113 Å². The maximum absolute atomic E-state index is 13.4. The molecule has 0 saturated carbocycles. The number of aliphatic hydroxyl groups is 1. The fraction of sp³-hybridized carbons (Fsp3) is 0.549. The SMILES string of the molecule is C=CC(=O)OCC(CC)(COC(=O)C=C)COC(=O)C=C.C=CC(=O)OCC(COC(=O)C=C)COC(=O)CCN(CCCCCCN(CCC(=O)OCC(CC)(COC(=O)C=C)COC(=O)C=C)CCC(=O)OCC(CC)(COC(=O)C=C)COC(=O)C=C)CCC(=O)OCC(CC)(COC(=O)C=C)COC(=O)C=C.CO.NCCN. The van der Waals surface area contributed by atoms with Crippen LogP contribution in [-0.2, 0) is 143 Å². The number of nitrogens with zero attached hydrogens (tertiary/aromatic N) is 2. The van der Waals surface area contributed by atoms with Gasteiger partial charge < -0.3 is 97.4 Å². The van der Waals surface area contributed by atoms with Crippen molar-refractivity contribution in [3.05, 3.63) is 139 Å². The molecule has 0 saturated heterocycles. The summed E-state index contributed by atoms with van der Waals surface area (Å²) in [4.78, 5) is 186. The average molecular weight is 1660 g/mol. The summed E-state index contributed by atoms with van der Waals surface area (Å²) in [5.41, 5.74) is 5.62. The van der Waals surface area contributed by atoms with Gasteiger partial charge >= 0.3 is 89.5 Å². The van der Waals surface area contributed by atoms with Gasteiger partial charge in [-0.15, -0.1) is 0 Å². The average Bonchev–Trinajstić information content (AvgIpc) is 0.883. The number of hydrogen-bond donors (Lipinski definition) is 3. The van der Waals surface area contributed by atoms with Crippen LogP contribution in [0.2, 0.25) is 0 Å². The van der Waals surface area contributed by atoms with E-state index in [1.807, 2.05) is 9.80 Å². The Morgan fingerprint density at radius 1 is 0.265 bits per heavy atom. The number of aliphatic hydroxyl groups excluding tert-OH is 1. The summed E-state index contributed by atoms with van der Waals surface area (Å²) in [5.74, 6) is -11.1. The Kier molecular flexibility index (Phi) is 66.5. The highest BCUT2D eigenvalue weighted by atomic mass is 16.6. The van der Waals surface area contributed by atoms with E-state index in [1.54, 1.807) is 27.7 Å². The Bertz CT molecular complexity index is 2960. The molecular weight excluding hydrogens is 1540 g/mol. The van der Waals surface area contributed by atoms with Crippen LogP contribution >= 0.6 is 0 Å². The van der Waals surface area contributed by atoms with Crippen LogP contribution in [0.15, 0.2) is 139 Å². The molecule has 0 aliphatic heterocycles. The molecule has 5 N–H and O–H groups in total. The Morgan fingerprint density at radius 3 is 0.598 bits per heavy atom. The van der Waals surface area contributed by atoms with Crippen LogP contribution in [0.25, 0.3) is 0 Å². The van der Waals surface area contributed by atoms with Gasteiger partial charge in [0.05, 0.1) is 53.3 Å². The van der Waals surface area contributed by atoms with Gasteiger partial charge in [-0.3, -0.25) is 19.2 Å². The van der Waals surface area contributed by atoms with Crippen LogP contribution in [0, 0.1) is 27.6 Å². The molecule has 0 aromatic heterocycles. The van der Waals surface area contributed by atoms with E-state index in [9.17, 15) is 71.9 Å². The molecule has 0 heterocycles. The Hall–Kier alpha value is -11.0. The fourth-order valence-corrected chi connectivity index (χ4v) is 8.83. The number of ether oxygens (including phenoxy) is 15. The van der Waals surface area contributed by atoms with E-state index in [-0.39, 0.29) is 170 Å². The summed E-state index contributed by atoms with van der Waals surface area (Å²) in [6.45, 7) is 42.8. The highest BCUT2D eigenvalue weighted by molar-refractivity contribution is 5.85. The normalized spacial score (nSPS) is 10.7. The van der Waals surface area contributed by atoms with E-state index in [0.29, 0.717) is 58.3 Å². The first-order chi connectivity index (χ1) is 55.8. The standard InChI is InChI=1S/C64H92N2O24.C15H20O6.C2H8N2.CH4O/c1-12-50(67)79-37-49(38-80-51(68)13-2)39-81-58(75)27-33-65(34-28-59(76)88-46-62(20-9,40-82-52(69)14-3)41-83-53(70)15-4)31-25-23-24-26-32-66(35-29-60(77)89-47-63(21-10,42-84-54(71)16-5)43-85-55(72)17-6)36-30-61(78)90-48-64(22-11,44-86-56(73)18-7)45-87-57(74)19-8;1-5-12(16)19-9-15(8-4,10-20-13(17)6-2)11-21-14(18)7-3;3-1-2-4;1-2/h12-19,49H,1-8,20-48H2,9-11H3;5-7H,1-3,8-11H2,4H3;1-4H2;2H,1H3. The lowest BCUT2D eigenvalue weighted by molar-refractivity contribution is -0.161. The highest BCUT2D eigenvalue weighted by Gasteiger charge is 2.38.